The Balaban J connectivity index is 1.52. The van der Waals surface area contributed by atoms with Crippen molar-refractivity contribution in [1.82, 2.24) is 29.7 Å². The third-order valence-electron chi connectivity index (χ3n) is 6.32. The Morgan fingerprint density at radius 2 is 1.80 bits per heavy atom. The number of rotatable bonds is 3. The first-order chi connectivity index (χ1) is 14.6. The van der Waals surface area contributed by atoms with Gasteiger partial charge in [0.25, 0.3) is 5.91 Å². The standard InChI is InChI=1S/C23H24N6O/c1-16-7-6-12-29-15-19(24-21(16)29)23(18-8-4-3-5-9-18)10-13-28(14-11-23)22(30)20-17(2)25-27-26-20/h3-9,12,15H,10-11,13-14H2,1-2H3,(H,25,26,27). The van der Waals surface area contributed by atoms with E-state index in [4.69, 9.17) is 4.98 Å². The Kier molecular flexibility index (Phi) is 4.38. The highest BCUT2D eigenvalue weighted by atomic mass is 16.2. The number of aromatic amines is 1. The van der Waals surface area contributed by atoms with Crippen molar-refractivity contribution in [1.29, 1.82) is 0 Å². The lowest BCUT2D eigenvalue weighted by molar-refractivity contribution is 0.0677. The lowest BCUT2D eigenvalue weighted by Crippen LogP contribution is -2.46. The van der Waals surface area contributed by atoms with Gasteiger partial charge >= 0.3 is 0 Å². The van der Waals surface area contributed by atoms with Crippen LogP contribution in [-0.4, -0.2) is 48.7 Å². The van der Waals surface area contributed by atoms with Gasteiger partial charge in [-0.15, -0.1) is 0 Å². The maximum absolute atomic E-state index is 12.9. The van der Waals surface area contributed by atoms with E-state index in [0.29, 0.717) is 24.5 Å². The molecule has 0 saturated carbocycles. The zero-order valence-corrected chi connectivity index (χ0v) is 17.2. The molecule has 1 saturated heterocycles. The first-order valence-electron chi connectivity index (χ1n) is 10.3. The number of hydrogen-bond acceptors (Lipinski definition) is 4. The molecule has 5 rings (SSSR count). The molecule has 152 valence electrons. The minimum Gasteiger partial charge on any atom is -0.337 e. The molecule has 4 aromatic rings. The van der Waals surface area contributed by atoms with Crippen LogP contribution < -0.4 is 0 Å². The first kappa shape index (κ1) is 18.5. The van der Waals surface area contributed by atoms with Crippen molar-refractivity contribution in [2.75, 3.05) is 13.1 Å². The molecule has 1 N–H and O–H groups in total. The first-order valence-corrected chi connectivity index (χ1v) is 10.3. The minimum atomic E-state index is -0.227. The van der Waals surface area contributed by atoms with E-state index < -0.39 is 0 Å². The van der Waals surface area contributed by atoms with Gasteiger partial charge in [-0.3, -0.25) is 4.79 Å². The number of carbonyl (C=O) groups is 1. The van der Waals surface area contributed by atoms with Crippen molar-refractivity contribution >= 4 is 11.6 Å². The van der Waals surface area contributed by atoms with Gasteiger partial charge in [0.1, 0.15) is 5.65 Å². The van der Waals surface area contributed by atoms with Gasteiger partial charge in [-0.05, 0) is 43.9 Å². The van der Waals surface area contributed by atoms with E-state index in [0.717, 1.165) is 29.7 Å². The number of aromatic nitrogens is 5. The summed E-state index contributed by atoms with van der Waals surface area (Å²) >= 11 is 0. The van der Waals surface area contributed by atoms with Crippen molar-refractivity contribution in [2.24, 2.45) is 0 Å². The molecule has 7 heteroatoms. The van der Waals surface area contributed by atoms with Crippen LogP contribution in [0.25, 0.3) is 5.65 Å². The maximum atomic E-state index is 12.9. The zero-order valence-electron chi connectivity index (χ0n) is 17.2. The zero-order chi connectivity index (χ0) is 20.7. The molecule has 1 aromatic carbocycles. The molecule has 1 aliphatic rings. The fourth-order valence-electron chi connectivity index (χ4n) is 4.56. The third-order valence-corrected chi connectivity index (χ3v) is 6.32. The lowest BCUT2D eigenvalue weighted by Gasteiger charge is -2.41. The van der Waals surface area contributed by atoms with Crippen molar-refractivity contribution in [2.45, 2.75) is 32.1 Å². The Morgan fingerprint density at radius 1 is 1.03 bits per heavy atom. The number of nitrogens with one attached hydrogen (secondary N) is 1. The van der Waals surface area contributed by atoms with E-state index in [1.807, 2.05) is 23.2 Å². The van der Waals surface area contributed by atoms with Gasteiger partial charge in [0.15, 0.2) is 5.69 Å². The number of aryl methyl sites for hydroxylation is 2. The number of H-pyrrole nitrogens is 1. The highest BCUT2D eigenvalue weighted by Gasteiger charge is 2.41. The quantitative estimate of drug-likeness (QED) is 0.572. The van der Waals surface area contributed by atoms with Crippen LogP contribution >= 0.6 is 0 Å². The smallest absolute Gasteiger partial charge is 0.276 e. The van der Waals surface area contributed by atoms with Gasteiger partial charge in [0.05, 0.1) is 11.4 Å². The van der Waals surface area contributed by atoms with Crippen molar-refractivity contribution in [3.05, 3.63) is 83.1 Å². The van der Waals surface area contributed by atoms with Crippen LogP contribution in [0.2, 0.25) is 0 Å². The molecule has 4 heterocycles. The van der Waals surface area contributed by atoms with Crippen LogP contribution in [0.1, 0.15) is 45.8 Å². The molecular formula is C23H24N6O. The second-order valence-corrected chi connectivity index (χ2v) is 8.05. The SMILES string of the molecule is Cc1n[nH]nc1C(=O)N1CCC(c2ccccc2)(c2cn3cccc(C)c3n2)CC1. The fraction of sp³-hybridized carbons (Fsp3) is 0.304. The Bertz CT molecular complexity index is 1200. The largest absolute Gasteiger partial charge is 0.337 e. The summed E-state index contributed by atoms with van der Waals surface area (Å²) in [6, 6.07) is 14.7. The number of piperidine rings is 1. The van der Waals surface area contributed by atoms with E-state index in [2.05, 4.69) is 63.3 Å². The predicted octanol–water partition coefficient (Wildman–Crippen LogP) is 3.29. The highest BCUT2D eigenvalue weighted by molar-refractivity contribution is 5.93. The van der Waals surface area contributed by atoms with Crippen LogP contribution in [0.5, 0.6) is 0 Å². The number of imidazole rings is 1. The van der Waals surface area contributed by atoms with Crippen LogP contribution in [0.4, 0.5) is 0 Å². The number of likely N-dealkylation sites (tertiary alicyclic amines) is 1. The monoisotopic (exact) mass is 400 g/mol. The number of benzene rings is 1. The summed E-state index contributed by atoms with van der Waals surface area (Å²) in [5, 5.41) is 10.6. The van der Waals surface area contributed by atoms with E-state index in [1.54, 1.807) is 6.92 Å². The van der Waals surface area contributed by atoms with Gasteiger partial charge < -0.3 is 9.30 Å². The van der Waals surface area contributed by atoms with E-state index in [1.165, 1.54) is 5.56 Å². The highest BCUT2D eigenvalue weighted by Crippen LogP contribution is 2.41. The average Bonchev–Trinajstić information content (AvgIpc) is 3.41. The normalized spacial score (nSPS) is 16.1. The fourth-order valence-corrected chi connectivity index (χ4v) is 4.56. The molecule has 1 amide bonds. The lowest BCUT2D eigenvalue weighted by atomic mass is 9.70. The summed E-state index contributed by atoms with van der Waals surface area (Å²) in [6.07, 6.45) is 5.81. The van der Waals surface area contributed by atoms with E-state index >= 15 is 0 Å². The van der Waals surface area contributed by atoms with Crippen molar-refractivity contribution < 1.29 is 4.79 Å². The summed E-state index contributed by atoms with van der Waals surface area (Å²) in [4.78, 5) is 19.9. The van der Waals surface area contributed by atoms with Crippen LogP contribution in [-0.2, 0) is 5.41 Å². The van der Waals surface area contributed by atoms with E-state index in [-0.39, 0.29) is 11.3 Å². The second-order valence-electron chi connectivity index (χ2n) is 8.05. The van der Waals surface area contributed by atoms with Crippen LogP contribution in [0.15, 0.2) is 54.9 Å². The molecule has 0 unspecified atom stereocenters. The van der Waals surface area contributed by atoms with Crippen LogP contribution in [0.3, 0.4) is 0 Å². The molecule has 7 nitrogen and oxygen atoms in total. The number of amides is 1. The summed E-state index contributed by atoms with van der Waals surface area (Å²) in [5.41, 5.74) is 5.26. The number of pyridine rings is 1. The summed E-state index contributed by atoms with van der Waals surface area (Å²) in [7, 11) is 0. The third kappa shape index (κ3) is 2.89. The predicted molar refractivity (Wildman–Crippen MR) is 113 cm³/mol. The van der Waals surface area contributed by atoms with Gasteiger partial charge in [-0.1, -0.05) is 36.4 Å². The number of carbonyl (C=O) groups excluding carboxylic acids is 1. The molecule has 0 aliphatic carbocycles. The molecule has 1 aliphatic heterocycles. The summed E-state index contributed by atoms with van der Waals surface area (Å²) < 4.78 is 2.10. The Labute approximate surface area is 174 Å². The Morgan fingerprint density at radius 3 is 2.47 bits per heavy atom. The van der Waals surface area contributed by atoms with E-state index in [9.17, 15) is 4.79 Å². The minimum absolute atomic E-state index is 0.0613. The molecular weight excluding hydrogens is 376 g/mol. The summed E-state index contributed by atoms with van der Waals surface area (Å²) in [6.45, 7) is 5.18. The second kappa shape index (κ2) is 7.09. The molecule has 1 fully saturated rings. The molecule has 3 aromatic heterocycles. The van der Waals surface area contributed by atoms with Gasteiger partial charge in [-0.25, -0.2) is 4.98 Å². The van der Waals surface area contributed by atoms with Gasteiger partial charge in [-0.2, -0.15) is 15.4 Å². The summed E-state index contributed by atoms with van der Waals surface area (Å²) in [5.74, 6) is -0.0613. The number of hydrogen-bond donors (Lipinski definition) is 1. The molecule has 0 bridgehead atoms. The van der Waals surface area contributed by atoms with Crippen molar-refractivity contribution in [3.8, 4) is 0 Å². The molecule has 0 radical (unpaired) electrons. The van der Waals surface area contributed by atoms with Crippen LogP contribution in [0, 0.1) is 13.8 Å². The van der Waals surface area contributed by atoms with Gasteiger partial charge in [0, 0.05) is 30.9 Å². The number of nitrogens with zero attached hydrogens (tertiary/aromatic N) is 5. The molecule has 0 spiro atoms. The Hall–Kier alpha value is -3.48. The molecule has 30 heavy (non-hydrogen) atoms. The maximum Gasteiger partial charge on any atom is 0.276 e. The van der Waals surface area contributed by atoms with Crippen molar-refractivity contribution in [3.63, 3.8) is 0 Å². The molecule has 0 atom stereocenters. The van der Waals surface area contributed by atoms with Gasteiger partial charge in [0.2, 0.25) is 0 Å². The number of fused-ring (bicyclic) bond motifs is 1. The average molecular weight is 400 g/mol. The topological polar surface area (TPSA) is 79.2 Å².